The summed E-state index contributed by atoms with van der Waals surface area (Å²) in [5.74, 6) is 0.914. The fraction of sp³-hybridized carbons (Fsp3) is 0.462. The molecule has 0 radical (unpaired) electrons. The molecule has 108 valence electrons. The minimum Gasteiger partial charge on any atom is -0.493 e. The van der Waals surface area contributed by atoms with Gasteiger partial charge in [0.05, 0.1) is 11.5 Å². The smallest absolute Gasteiger partial charge is 0.407 e. The van der Waals surface area contributed by atoms with Crippen molar-refractivity contribution >= 4 is 11.8 Å². The highest BCUT2D eigenvalue weighted by atomic mass is 16.6. The number of non-ortho nitro benzene ring substituents is 1. The summed E-state index contributed by atoms with van der Waals surface area (Å²) in [7, 11) is 0. The number of carbonyl (C=O) groups is 1. The standard InChI is InChI=1S/C13H16N2O5/c16-13(17)14-7-5-10(6-8-14)9-20-12-3-1-11(2-4-12)15(18)19/h1-4,10H,5-9H2,(H,16,17). The van der Waals surface area contributed by atoms with Crippen LogP contribution in [0.4, 0.5) is 10.5 Å². The molecular weight excluding hydrogens is 264 g/mol. The quantitative estimate of drug-likeness (QED) is 0.675. The van der Waals surface area contributed by atoms with Crippen molar-refractivity contribution in [1.82, 2.24) is 4.90 Å². The second-order valence-corrected chi connectivity index (χ2v) is 4.78. The Balaban J connectivity index is 1.78. The van der Waals surface area contributed by atoms with Gasteiger partial charge in [-0.25, -0.2) is 4.79 Å². The van der Waals surface area contributed by atoms with Crippen molar-refractivity contribution in [2.45, 2.75) is 12.8 Å². The van der Waals surface area contributed by atoms with Gasteiger partial charge in [0.25, 0.3) is 5.69 Å². The Morgan fingerprint density at radius 1 is 1.35 bits per heavy atom. The summed E-state index contributed by atoms with van der Waals surface area (Å²) in [4.78, 5) is 22.2. The molecule has 1 amide bonds. The van der Waals surface area contributed by atoms with Gasteiger partial charge in [0.15, 0.2) is 0 Å². The van der Waals surface area contributed by atoms with Gasteiger partial charge in [0.1, 0.15) is 5.75 Å². The molecule has 2 rings (SSSR count). The Bertz CT molecular complexity index is 480. The van der Waals surface area contributed by atoms with Crippen LogP contribution in [0.1, 0.15) is 12.8 Å². The Labute approximate surface area is 115 Å². The molecule has 1 aliphatic rings. The molecule has 0 saturated carbocycles. The normalized spacial score (nSPS) is 15.9. The number of likely N-dealkylation sites (tertiary alicyclic amines) is 1. The maximum atomic E-state index is 10.8. The molecule has 20 heavy (non-hydrogen) atoms. The summed E-state index contributed by atoms with van der Waals surface area (Å²) < 4.78 is 5.59. The third-order valence-electron chi connectivity index (χ3n) is 3.42. The molecule has 1 heterocycles. The van der Waals surface area contributed by atoms with E-state index in [0.717, 1.165) is 12.8 Å². The Kier molecular flexibility index (Phi) is 4.39. The summed E-state index contributed by atoms with van der Waals surface area (Å²) >= 11 is 0. The number of nitrogens with zero attached hydrogens (tertiary/aromatic N) is 2. The molecule has 0 unspecified atom stereocenters. The molecule has 1 N–H and O–H groups in total. The lowest BCUT2D eigenvalue weighted by Gasteiger charge is -2.29. The van der Waals surface area contributed by atoms with E-state index in [4.69, 9.17) is 9.84 Å². The lowest BCUT2D eigenvalue weighted by atomic mass is 9.98. The predicted molar refractivity (Wildman–Crippen MR) is 70.9 cm³/mol. The van der Waals surface area contributed by atoms with Crippen molar-refractivity contribution in [3.8, 4) is 5.75 Å². The van der Waals surface area contributed by atoms with E-state index < -0.39 is 11.0 Å². The van der Waals surface area contributed by atoms with Crippen LogP contribution in [0.3, 0.4) is 0 Å². The number of nitro groups is 1. The van der Waals surface area contributed by atoms with Gasteiger partial charge in [0, 0.05) is 25.2 Å². The molecule has 1 fully saturated rings. The van der Waals surface area contributed by atoms with Crippen molar-refractivity contribution in [2.75, 3.05) is 19.7 Å². The van der Waals surface area contributed by atoms with Crippen LogP contribution >= 0.6 is 0 Å². The second-order valence-electron chi connectivity index (χ2n) is 4.78. The molecule has 0 atom stereocenters. The summed E-state index contributed by atoms with van der Waals surface area (Å²) in [6.07, 6.45) is 0.679. The van der Waals surface area contributed by atoms with Crippen molar-refractivity contribution in [1.29, 1.82) is 0 Å². The van der Waals surface area contributed by atoms with Crippen LogP contribution < -0.4 is 4.74 Å². The second kappa shape index (κ2) is 6.23. The highest BCUT2D eigenvalue weighted by Gasteiger charge is 2.22. The van der Waals surface area contributed by atoms with Crippen molar-refractivity contribution in [3.63, 3.8) is 0 Å². The highest BCUT2D eigenvalue weighted by molar-refractivity contribution is 5.64. The number of carboxylic acid groups (broad SMARTS) is 1. The average molecular weight is 280 g/mol. The minimum absolute atomic E-state index is 0.0344. The molecule has 1 aromatic rings. The number of amides is 1. The predicted octanol–water partition coefficient (Wildman–Crippen LogP) is 2.36. The van der Waals surface area contributed by atoms with Gasteiger partial charge in [0.2, 0.25) is 0 Å². The van der Waals surface area contributed by atoms with Gasteiger partial charge >= 0.3 is 6.09 Å². The van der Waals surface area contributed by atoms with Crippen LogP contribution in [0, 0.1) is 16.0 Å². The van der Waals surface area contributed by atoms with E-state index >= 15 is 0 Å². The summed E-state index contributed by atoms with van der Waals surface area (Å²) in [5.41, 5.74) is 0.0344. The Morgan fingerprint density at radius 3 is 2.45 bits per heavy atom. The van der Waals surface area contributed by atoms with E-state index in [9.17, 15) is 14.9 Å². The maximum Gasteiger partial charge on any atom is 0.407 e. The maximum absolute atomic E-state index is 10.8. The van der Waals surface area contributed by atoms with E-state index in [1.165, 1.54) is 17.0 Å². The van der Waals surface area contributed by atoms with Gasteiger partial charge in [-0.05, 0) is 30.9 Å². The van der Waals surface area contributed by atoms with E-state index in [-0.39, 0.29) is 5.69 Å². The van der Waals surface area contributed by atoms with Gasteiger partial charge in [-0.2, -0.15) is 0 Å². The zero-order chi connectivity index (χ0) is 14.5. The molecule has 7 nitrogen and oxygen atoms in total. The van der Waals surface area contributed by atoms with Crippen LogP contribution in [0.15, 0.2) is 24.3 Å². The van der Waals surface area contributed by atoms with Gasteiger partial charge in [-0.15, -0.1) is 0 Å². The molecular formula is C13H16N2O5. The summed E-state index contributed by atoms with van der Waals surface area (Å²) in [5, 5.41) is 19.4. The first-order valence-corrected chi connectivity index (χ1v) is 6.41. The van der Waals surface area contributed by atoms with Crippen LogP contribution in [0.25, 0.3) is 0 Å². The summed E-state index contributed by atoms with van der Waals surface area (Å²) in [6.45, 7) is 1.57. The van der Waals surface area contributed by atoms with E-state index in [1.54, 1.807) is 12.1 Å². The number of ether oxygens (including phenoxy) is 1. The summed E-state index contributed by atoms with van der Waals surface area (Å²) in [6, 6.07) is 5.96. The topological polar surface area (TPSA) is 92.9 Å². The molecule has 0 spiro atoms. The minimum atomic E-state index is -0.875. The van der Waals surface area contributed by atoms with Gasteiger partial charge in [-0.1, -0.05) is 0 Å². The fourth-order valence-corrected chi connectivity index (χ4v) is 2.17. The molecule has 1 saturated heterocycles. The molecule has 7 heteroatoms. The van der Waals surface area contributed by atoms with Crippen molar-refractivity contribution in [3.05, 3.63) is 34.4 Å². The first-order chi connectivity index (χ1) is 9.56. The Morgan fingerprint density at radius 2 is 1.95 bits per heavy atom. The number of rotatable bonds is 4. The third-order valence-corrected chi connectivity index (χ3v) is 3.42. The molecule has 0 bridgehead atoms. The molecule has 1 aromatic carbocycles. The number of piperidine rings is 1. The Hall–Kier alpha value is -2.31. The van der Waals surface area contributed by atoms with Crippen LogP contribution in [0.5, 0.6) is 5.75 Å². The van der Waals surface area contributed by atoms with Crippen LogP contribution in [-0.2, 0) is 0 Å². The van der Waals surface area contributed by atoms with Crippen LogP contribution in [0.2, 0.25) is 0 Å². The van der Waals surface area contributed by atoms with E-state index in [1.807, 2.05) is 0 Å². The molecule has 0 aromatic heterocycles. The lowest BCUT2D eigenvalue weighted by Crippen LogP contribution is -2.38. The average Bonchev–Trinajstić information content (AvgIpc) is 2.46. The van der Waals surface area contributed by atoms with Gasteiger partial charge in [-0.3, -0.25) is 10.1 Å². The highest BCUT2D eigenvalue weighted by Crippen LogP contribution is 2.21. The third kappa shape index (κ3) is 3.59. The van der Waals surface area contributed by atoms with E-state index in [2.05, 4.69) is 0 Å². The largest absolute Gasteiger partial charge is 0.493 e. The number of hydrogen-bond acceptors (Lipinski definition) is 4. The zero-order valence-electron chi connectivity index (χ0n) is 10.9. The first kappa shape index (κ1) is 14.1. The molecule has 1 aliphatic heterocycles. The number of benzene rings is 1. The lowest BCUT2D eigenvalue weighted by molar-refractivity contribution is -0.384. The number of hydrogen-bond donors (Lipinski definition) is 1. The van der Waals surface area contributed by atoms with Gasteiger partial charge < -0.3 is 14.7 Å². The van der Waals surface area contributed by atoms with E-state index in [0.29, 0.717) is 31.4 Å². The zero-order valence-corrected chi connectivity index (χ0v) is 10.9. The first-order valence-electron chi connectivity index (χ1n) is 6.41. The fourth-order valence-electron chi connectivity index (χ4n) is 2.17. The molecule has 0 aliphatic carbocycles. The van der Waals surface area contributed by atoms with Crippen molar-refractivity contribution in [2.24, 2.45) is 5.92 Å². The SMILES string of the molecule is O=C(O)N1CCC(COc2ccc([N+](=O)[O-])cc2)CC1. The number of nitro benzene ring substituents is 1. The monoisotopic (exact) mass is 280 g/mol. The van der Waals surface area contributed by atoms with Crippen molar-refractivity contribution < 1.29 is 19.6 Å². The van der Waals surface area contributed by atoms with Crippen LogP contribution in [-0.4, -0.2) is 40.7 Å².